The van der Waals surface area contributed by atoms with E-state index in [1.54, 1.807) is 0 Å². The zero-order valence-corrected chi connectivity index (χ0v) is 11.7. The summed E-state index contributed by atoms with van der Waals surface area (Å²) in [5.74, 6) is 0.143. The quantitative estimate of drug-likeness (QED) is 0.838. The van der Waals surface area contributed by atoms with Gasteiger partial charge in [0, 0.05) is 43.3 Å². The van der Waals surface area contributed by atoms with Crippen molar-refractivity contribution in [3.05, 3.63) is 24.5 Å². The molecule has 1 amide bonds. The fourth-order valence-electron chi connectivity index (χ4n) is 2.64. The molecule has 2 heterocycles. The fourth-order valence-corrected chi connectivity index (χ4v) is 2.64. The number of hydrogen-bond acceptors (Lipinski definition) is 4. The number of anilines is 1. The number of nitrogens with zero attached hydrogens (tertiary/aromatic N) is 2. The van der Waals surface area contributed by atoms with E-state index < -0.39 is 0 Å². The molecule has 2 N–H and O–H groups in total. The Hall–Kier alpha value is -1.62. The highest BCUT2D eigenvalue weighted by Crippen LogP contribution is 2.19. The van der Waals surface area contributed by atoms with Gasteiger partial charge in [0.15, 0.2) is 0 Å². The standard InChI is InChI=1S/C15H22N4O/c20-15(18-13-1-2-13)11-17-12-5-9-19(10-6-12)14-3-7-16-8-4-14/h3-4,7-8,12-13,17H,1-2,5-6,9-11H2,(H,18,20). The number of hydrogen-bond donors (Lipinski definition) is 2. The summed E-state index contributed by atoms with van der Waals surface area (Å²) >= 11 is 0. The summed E-state index contributed by atoms with van der Waals surface area (Å²) in [6, 6.07) is 5.02. The van der Waals surface area contributed by atoms with Crippen molar-refractivity contribution in [2.75, 3.05) is 24.5 Å². The first kappa shape index (κ1) is 13.4. The summed E-state index contributed by atoms with van der Waals surface area (Å²) in [6.07, 6.45) is 8.13. The maximum atomic E-state index is 11.6. The maximum absolute atomic E-state index is 11.6. The van der Waals surface area contributed by atoms with Gasteiger partial charge in [0.1, 0.15) is 0 Å². The second kappa shape index (κ2) is 6.22. The van der Waals surface area contributed by atoms with E-state index in [9.17, 15) is 4.79 Å². The summed E-state index contributed by atoms with van der Waals surface area (Å²) in [5, 5.41) is 6.38. The number of amides is 1. The molecule has 1 aliphatic carbocycles. The third kappa shape index (κ3) is 3.70. The summed E-state index contributed by atoms with van der Waals surface area (Å²) in [7, 11) is 0. The molecule has 0 radical (unpaired) electrons. The van der Waals surface area contributed by atoms with Crippen molar-refractivity contribution in [3.8, 4) is 0 Å². The lowest BCUT2D eigenvalue weighted by Gasteiger charge is -2.33. The lowest BCUT2D eigenvalue weighted by atomic mass is 10.0. The molecule has 1 aromatic heterocycles. The zero-order valence-electron chi connectivity index (χ0n) is 11.7. The number of carbonyl (C=O) groups is 1. The van der Waals surface area contributed by atoms with E-state index in [1.807, 2.05) is 12.4 Å². The van der Waals surface area contributed by atoms with E-state index >= 15 is 0 Å². The maximum Gasteiger partial charge on any atom is 0.234 e. The van der Waals surface area contributed by atoms with Gasteiger partial charge in [-0.15, -0.1) is 0 Å². The second-order valence-electron chi connectivity index (χ2n) is 5.69. The van der Waals surface area contributed by atoms with Crippen LogP contribution in [-0.2, 0) is 4.79 Å². The summed E-state index contributed by atoms with van der Waals surface area (Å²) in [4.78, 5) is 18.1. The average molecular weight is 274 g/mol. The SMILES string of the molecule is O=C(CNC1CCN(c2ccncc2)CC1)NC1CC1. The van der Waals surface area contributed by atoms with E-state index in [2.05, 4.69) is 32.7 Å². The van der Waals surface area contributed by atoms with Gasteiger partial charge in [0.2, 0.25) is 5.91 Å². The molecule has 2 aliphatic rings. The molecule has 0 spiro atoms. The van der Waals surface area contributed by atoms with E-state index in [1.165, 1.54) is 5.69 Å². The van der Waals surface area contributed by atoms with Crippen LogP contribution in [0.15, 0.2) is 24.5 Å². The molecular formula is C15H22N4O. The van der Waals surface area contributed by atoms with Crippen molar-refractivity contribution in [1.29, 1.82) is 0 Å². The number of rotatable bonds is 5. The van der Waals surface area contributed by atoms with Crippen LogP contribution in [0.1, 0.15) is 25.7 Å². The molecule has 20 heavy (non-hydrogen) atoms. The predicted molar refractivity (Wildman–Crippen MR) is 78.6 cm³/mol. The molecule has 0 atom stereocenters. The molecule has 0 bridgehead atoms. The Morgan fingerprint density at radius 2 is 1.85 bits per heavy atom. The van der Waals surface area contributed by atoms with Gasteiger partial charge in [-0.1, -0.05) is 0 Å². The lowest BCUT2D eigenvalue weighted by Crippen LogP contribution is -2.46. The van der Waals surface area contributed by atoms with Crippen LogP contribution in [0.3, 0.4) is 0 Å². The molecule has 108 valence electrons. The van der Waals surface area contributed by atoms with Gasteiger partial charge in [-0.25, -0.2) is 0 Å². The summed E-state index contributed by atoms with van der Waals surface area (Å²) in [6.45, 7) is 2.52. The van der Waals surface area contributed by atoms with E-state index in [0.717, 1.165) is 38.8 Å². The smallest absolute Gasteiger partial charge is 0.234 e. The minimum atomic E-state index is 0.143. The fraction of sp³-hybridized carbons (Fsp3) is 0.600. The van der Waals surface area contributed by atoms with Crippen molar-refractivity contribution >= 4 is 11.6 Å². The Kier molecular flexibility index (Phi) is 4.16. The molecule has 0 aromatic carbocycles. The Bertz CT molecular complexity index is 438. The highest BCUT2D eigenvalue weighted by molar-refractivity contribution is 5.78. The van der Waals surface area contributed by atoms with Crippen molar-refractivity contribution in [1.82, 2.24) is 15.6 Å². The van der Waals surface area contributed by atoms with E-state index in [-0.39, 0.29) is 5.91 Å². The Labute approximate surface area is 119 Å². The Morgan fingerprint density at radius 3 is 2.50 bits per heavy atom. The molecule has 1 saturated heterocycles. The van der Waals surface area contributed by atoms with Crippen LogP contribution in [0.25, 0.3) is 0 Å². The molecular weight excluding hydrogens is 252 g/mol. The Morgan fingerprint density at radius 1 is 1.15 bits per heavy atom. The number of nitrogens with one attached hydrogen (secondary N) is 2. The second-order valence-corrected chi connectivity index (χ2v) is 5.69. The molecule has 5 nitrogen and oxygen atoms in total. The number of pyridine rings is 1. The molecule has 1 aromatic rings. The number of carbonyl (C=O) groups excluding carboxylic acids is 1. The van der Waals surface area contributed by atoms with Crippen molar-refractivity contribution < 1.29 is 4.79 Å². The molecule has 1 aliphatic heterocycles. The van der Waals surface area contributed by atoms with Gasteiger partial charge in [-0.05, 0) is 37.8 Å². The third-order valence-corrected chi connectivity index (χ3v) is 4.02. The van der Waals surface area contributed by atoms with Gasteiger partial charge in [0.25, 0.3) is 0 Å². The van der Waals surface area contributed by atoms with Crippen molar-refractivity contribution in [3.63, 3.8) is 0 Å². The largest absolute Gasteiger partial charge is 0.371 e. The monoisotopic (exact) mass is 274 g/mol. The van der Waals surface area contributed by atoms with Crippen LogP contribution in [0.5, 0.6) is 0 Å². The minimum absolute atomic E-state index is 0.143. The van der Waals surface area contributed by atoms with Crippen molar-refractivity contribution in [2.45, 2.75) is 37.8 Å². The van der Waals surface area contributed by atoms with Crippen LogP contribution in [0.2, 0.25) is 0 Å². The average Bonchev–Trinajstić information content (AvgIpc) is 3.31. The van der Waals surface area contributed by atoms with Gasteiger partial charge >= 0.3 is 0 Å². The minimum Gasteiger partial charge on any atom is -0.371 e. The molecule has 5 heteroatoms. The number of aromatic nitrogens is 1. The highest BCUT2D eigenvalue weighted by atomic mass is 16.2. The van der Waals surface area contributed by atoms with Gasteiger partial charge in [0.05, 0.1) is 6.54 Å². The van der Waals surface area contributed by atoms with Crippen LogP contribution in [0, 0.1) is 0 Å². The topological polar surface area (TPSA) is 57.3 Å². The summed E-state index contributed by atoms with van der Waals surface area (Å²) < 4.78 is 0. The molecule has 2 fully saturated rings. The van der Waals surface area contributed by atoms with Crippen LogP contribution >= 0.6 is 0 Å². The first-order chi connectivity index (χ1) is 9.81. The Balaban J connectivity index is 1.38. The van der Waals surface area contributed by atoms with E-state index in [0.29, 0.717) is 18.6 Å². The van der Waals surface area contributed by atoms with E-state index in [4.69, 9.17) is 0 Å². The molecule has 0 unspecified atom stereocenters. The zero-order chi connectivity index (χ0) is 13.8. The normalized spacial score (nSPS) is 19.9. The molecule has 3 rings (SSSR count). The first-order valence-electron chi connectivity index (χ1n) is 7.49. The van der Waals surface area contributed by atoms with Gasteiger partial charge in [-0.2, -0.15) is 0 Å². The third-order valence-electron chi connectivity index (χ3n) is 4.02. The van der Waals surface area contributed by atoms with Crippen LogP contribution in [0.4, 0.5) is 5.69 Å². The number of piperidine rings is 1. The van der Waals surface area contributed by atoms with Gasteiger partial charge < -0.3 is 15.5 Å². The van der Waals surface area contributed by atoms with Gasteiger partial charge in [-0.3, -0.25) is 9.78 Å². The predicted octanol–water partition coefficient (Wildman–Crippen LogP) is 0.919. The van der Waals surface area contributed by atoms with Crippen LogP contribution < -0.4 is 15.5 Å². The first-order valence-corrected chi connectivity index (χ1v) is 7.49. The summed E-state index contributed by atoms with van der Waals surface area (Å²) in [5.41, 5.74) is 1.24. The van der Waals surface area contributed by atoms with Crippen LogP contribution in [-0.4, -0.2) is 42.6 Å². The molecule has 1 saturated carbocycles. The lowest BCUT2D eigenvalue weighted by molar-refractivity contribution is -0.120. The van der Waals surface area contributed by atoms with Crippen molar-refractivity contribution in [2.24, 2.45) is 0 Å². The highest BCUT2D eigenvalue weighted by Gasteiger charge is 2.24.